The predicted octanol–water partition coefficient (Wildman–Crippen LogP) is 0.987. The van der Waals surface area contributed by atoms with Crippen LogP contribution >= 0.6 is 0 Å². The number of carbonyl (C=O) groups excluding carboxylic acids is 1. The standard InChI is InChI=1S/C13H12FN3O2/c14-9-4-1-3-8-11(9)16-7-17(13(8)19)10-5-2-6-15-12(10)18/h1,3-4,7,10H,2,5-6H2,(H,15,18)/t10-/m0/s1. The van der Waals surface area contributed by atoms with E-state index in [9.17, 15) is 14.0 Å². The molecule has 0 aliphatic carbocycles. The molecule has 1 saturated heterocycles. The Kier molecular flexibility index (Phi) is 2.77. The van der Waals surface area contributed by atoms with Gasteiger partial charge in [0.15, 0.2) is 0 Å². The molecular formula is C13H12FN3O2. The lowest BCUT2D eigenvalue weighted by molar-refractivity contribution is -0.125. The lowest BCUT2D eigenvalue weighted by atomic mass is 10.1. The fraction of sp³-hybridized carbons (Fsp3) is 0.308. The van der Waals surface area contributed by atoms with Crippen molar-refractivity contribution in [3.63, 3.8) is 0 Å². The van der Waals surface area contributed by atoms with Crippen molar-refractivity contribution in [1.82, 2.24) is 14.9 Å². The Labute approximate surface area is 108 Å². The minimum atomic E-state index is -0.554. The quantitative estimate of drug-likeness (QED) is 0.832. The monoisotopic (exact) mass is 261 g/mol. The molecule has 5 nitrogen and oxygen atoms in total. The number of hydrogen-bond acceptors (Lipinski definition) is 3. The van der Waals surface area contributed by atoms with E-state index >= 15 is 0 Å². The molecule has 0 bridgehead atoms. The highest BCUT2D eigenvalue weighted by molar-refractivity contribution is 5.82. The van der Waals surface area contributed by atoms with Crippen LogP contribution in [0.5, 0.6) is 0 Å². The third-order valence-corrected chi connectivity index (χ3v) is 3.35. The van der Waals surface area contributed by atoms with Gasteiger partial charge in [0, 0.05) is 6.54 Å². The van der Waals surface area contributed by atoms with Crippen molar-refractivity contribution >= 4 is 16.8 Å². The number of fused-ring (bicyclic) bond motifs is 1. The smallest absolute Gasteiger partial charge is 0.262 e. The maximum absolute atomic E-state index is 13.5. The number of rotatable bonds is 1. The third kappa shape index (κ3) is 1.89. The van der Waals surface area contributed by atoms with Crippen LogP contribution in [0.1, 0.15) is 18.9 Å². The van der Waals surface area contributed by atoms with Gasteiger partial charge < -0.3 is 5.32 Å². The topological polar surface area (TPSA) is 64.0 Å². The first-order valence-electron chi connectivity index (χ1n) is 6.11. The number of nitrogens with one attached hydrogen (secondary N) is 1. The summed E-state index contributed by atoms with van der Waals surface area (Å²) in [4.78, 5) is 28.0. The molecule has 1 amide bonds. The van der Waals surface area contributed by atoms with Gasteiger partial charge in [-0.05, 0) is 25.0 Å². The van der Waals surface area contributed by atoms with Gasteiger partial charge in [-0.3, -0.25) is 14.2 Å². The van der Waals surface area contributed by atoms with E-state index in [1.165, 1.54) is 29.1 Å². The number of aromatic nitrogens is 2. The number of carbonyl (C=O) groups is 1. The summed E-state index contributed by atoms with van der Waals surface area (Å²) in [6, 6.07) is 3.69. The summed E-state index contributed by atoms with van der Waals surface area (Å²) in [5, 5.41) is 2.91. The highest BCUT2D eigenvalue weighted by atomic mass is 19.1. The highest BCUT2D eigenvalue weighted by Crippen LogP contribution is 2.17. The van der Waals surface area contributed by atoms with Crippen LogP contribution in [0.15, 0.2) is 29.3 Å². The van der Waals surface area contributed by atoms with Crippen LogP contribution in [0.3, 0.4) is 0 Å². The molecule has 19 heavy (non-hydrogen) atoms. The van der Waals surface area contributed by atoms with Gasteiger partial charge in [0.25, 0.3) is 5.56 Å². The first-order chi connectivity index (χ1) is 9.18. The van der Waals surface area contributed by atoms with Crippen LogP contribution < -0.4 is 10.9 Å². The molecule has 0 unspecified atom stereocenters. The van der Waals surface area contributed by atoms with Gasteiger partial charge in [-0.1, -0.05) is 6.07 Å². The van der Waals surface area contributed by atoms with Crippen LogP contribution in [-0.2, 0) is 4.79 Å². The molecular weight excluding hydrogens is 249 g/mol. The molecule has 6 heteroatoms. The van der Waals surface area contributed by atoms with E-state index in [1.54, 1.807) is 0 Å². The fourth-order valence-electron chi connectivity index (χ4n) is 2.37. The van der Waals surface area contributed by atoms with Crippen LogP contribution in [0, 0.1) is 5.82 Å². The molecule has 98 valence electrons. The van der Waals surface area contributed by atoms with Crippen LogP contribution in [0.2, 0.25) is 0 Å². The van der Waals surface area contributed by atoms with Crippen molar-refractivity contribution < 1.29 is 9.18 Å². The average molecular weight is 261 g/mol. The average Bonchev–Trinajstić information content (AvgIpc) is 2.41. The molecule has 1 N–H and O–H groups in total. The number of hydrogen-bond donors (Lipinski definition) is 1. The van der Waals surface area contributed by atoms with Crippen molar-refractivity contribution in [2.75, 3.05) is 6.54 Å². The van der Waals surface area contributed by atoms with Gasteiger partial charge in [0.1, 0.15) is 17.4 Å². The molecule has 2 heterocycles. The zero-order valence-electron chi connectivity index (χ0n) is 10.1. The molecule has 1 aliphatic rings. The Hall–Kier alpha value is -2.24. The van der Waals surface area contributed by atoms with E-state index in [1.807, 2.05) is 0 Å². The number of halogens is 1. The molecule has 0 saturated carbocycles. The summed E-state index contributed by atoms with van der Waals surface area (Å²) in [5.74, 6) is -0.722. The number of piperidine rings is 1. The summed E-state index contributed by atoms with van der Waals surface area (Å²) in [5.41, 5.74) is -0.341. The SMILES string of the molecule is O=C1NCCC[C@@H]1n1cnc2c(F)cccc2c1=O. The normalized spacial score (nSPS) is 19.4. The molecule has 1 aromatic carbocycles. The van der Waals surface area contributed by atoms with E-state index in [4.69, 9.17) is 0 Å². The lowest BCUT2D eigenvalue weighted by Gasteiger charge is -2.23. The zero-order valence-corrected chi connectivity index (χ0v) is 10.1. The Morgan fingerprint density at radius 2 is 2.21 bits per heavy atom. The summed E-state index contributed by atoms with van der Waals surface area (Å²) in [6.07, 6.45) is 2.65. The third-order valence-electron chi connectivity index (χ3n) is 3.35. The van der Waals surface area contributed by atoms with E-state index in [0.717, 1.165) is 6.42 Å². The molecule has 3 rings (SSSR count). The van der Waals surface area contributed by atoms with Gasteiger partial charge in [-0.25, -0.2) is 9.37 Å². The molecule has 0 radical (unpaired) electrons. The summed E-state index contributed by atoms with van der Waals surface area (Å²) in [7, 11) is 0. The molecule has 1 aliphatic heterocycles. The van der Waals surface area contributed by atoms with E-state index in [0.29, 0.717) is 13.0 Å². The largest absolute Gasteiger partial charge is 0.354 e. The second kappa shape index (κ2) is 4.46. The van der Waals surface area contributed by atoms with Crippen molar-refractivity contribution in [3.05, 3.63) is 40.7 Å². The van der Waals surface area contributed by atoms with Crippen molar-refractivity contribution in [1.29, 1.82) is 0 Å². The minimum absolute atomic E-state index is 0.0416. The van der Waals surface area contributed by atoms with E-state index in [-0.39, 0.29) is 22.4 Å². The molecule has 0 spiro atoms. The number of para-hydroxylation sites is 1. The predicted molar refractivity (Wildman–Crippen MR) is 67.2 cm³/mol. The van der Waals surface area contributed by atoms with E-state index < -0.39 is 11.9 Å². The second-order valence-electron chi connectivity index (χ2n) is 4.54. The zero-order chi connectivity index (χ0) is 13.4. The molecule has 1 fully saturated rings. The van der Waals surface area contributed by atoms with Crippen LogP contribution in [-0.4, -0.2) is 22.0 Å². The number of amides is 1. The molecule has 2 aromatic rings. The number of nitrogens with zero attached hydrogens (tertiary/aromatic N) is 2. The minimum Gasteiger partial charge on any atom is -0.354 e. The van der Waals surface area contributed by atoms with Gasteiger partial charge in [-0.2, -0.15) is 0 Å². The van der Waals surface area contributed by atoms with Gasteiger partial charge in [-0.15, -0.1) is 0 Å². The Morgan fingerprint density at radius 3 is 3.00 bits per heavy atom. The first-order valence-corrected chi connectivity index (χ1v) is 6.11. The summed E-state index contributed by atoms with van der Waals surface area (Å²) < 4.78 is 14.8. The summed E-state index contributed by atoms with van der Waals surface area (Å²) >= 11 is 0. The van der Waals surface area contributed by atoms with Crippen LogP contribution in [0.4, 0.5) is 4.39 Å². The number of benzene rings is 1. The van der Waals surface area contributed by atoms with Crippen LogP contribution in [0.25, 0.3) is 10.9 Å². The Morgan fingerprint density at radius 1 is 1.37 bits per heavy atom. The maximum Gasteiger partial charge on any atom is 0.262 e. The van der Waals surface area contributed by atoms with Gasteiger partial charge >= 0.3 is 0 Å². The van der Waals surface area contributed by atoms with Gasteiger partial charge in [0.2, 0.25) is 5.91 Å². The summed E-state index contributed by atoms with van der Waals surface area (Å²) in [6.45, 7) is 0.625. The molecule has 1 aromatic heterocycles. The molecule has 1 atom stereocenters. The second-order valence-corrected chi connectivity index (χ2v) is 4.54. The van der Waals surface area contributed by atoms with Crippen molar-refractivity contribution in [2.24, 2.45) is 0 Å². The fourth-order valence-corrected chi connectivity index (χ4v) is 2.37. The first kappa shape index (κ1) is 11.8. The Bertz CT molecular complexity index is 711. The van der Waals surface area contributed by atoms with E-state index in [2.05, 4.69) is 10.3 Å². The Balaban J connectivity index is 2.18. The highest BCUT2D eigenvalue weighted by Gasteiger charge is 2.25. The van der Waals surface area contributed by atoms with Crippen molar-refractivity contribution in [3.8, 4) is 0 Å². The van der Waals surface area contributed by atoms with Crippen molar-refractivity contribution in [2.45, 2.75) is 18.9 Å². The lowest BCUT2D eigenvalue weighted by Crippen LogP contribution is -2.41. The van der Waals surface area contributed by atoms with Gasteiger partial charge in [0.05, 0.1) is 11.7 Å². The maximum atomic E-state index is 13.5.